The monoisotopic (exact) mass is 296 g/mol. The predicted molar refractivity (Wildman–Crippen MR) is 72.7 cm³/mol. The van der Waals surface area contributed by atoms with Crippen molar-refractivity contribution in [2.24, 2.45) is 0 Å². The third-order valence-corrected chi connectivity index (χ3v) is 5.73. The highest BCUT2D eigenvalue weighted by atomic mass is 32.2. The molecule has 6 heteroatoms. The molecule has 0 bridgehead atoms. The molecular formula is C14H16O5S. The van der Waals surface area contributed by atoms with E-state index in [4.69, 9.17) is 9.84 Å². The molecule has 1 heterocycles. The SMILES string of the molecule is O=C(O)CC1(c2cccc(OC3CS(=O)(=O)C3)c2)CC1. The minimum absolute atomic E-state index is 0.0670. The second-order valence-corrected chi connectivity index (χ2v) is 7.85. The maximum absolute atomic E-state index is 11.1. The number of carboxylic acids is 1. The van der Waals surface area contributed by atoms with E-state index in [1.165, 1.54) is 0 Å². The van der Waals surface area contributed by atoms with Crippen LogP contribution in [0.5, 0.6) is 5.75 Å². The van der Waals surface area contributed by atoms with E-state index in [0.717, 1.165) is 18.4 Å². The van der Waals surface area contributed by atoms with Gasteiger partial charge in [0, 0.05) is 5.41 Å². The number of hydrogen-bond donors (Lipinski definition) is 1. The number of ether oxygens (including phenoxy) is 1. The van der Waals surface area contributed by atoms with E-state index in [0.29, 0.717) is 5.75 Å². The number of rotatable bonds is 5. The van der Waals surface area contributed by atoms with Crippen molar-refractivity contribution in [3.63, 3.8) is 0 Å². The smallest absolute Gasteiger partial charge is 0.304 e. The van der Waals surface area contributed by atoms with Gasteiger partial charge in [0.2, 0.25) is 0 Å². The van der Waals surface area contributed by atoms with Gasteiger partial charge in [-0.3, -0.25) is 4.79 Å². The van der Waals surface area contributed by atoms with E-state index in [1.807, 2.05) is 18.2 Å². The van der Waals surface area contributed by atoms with Gasteiger partial charge < -0.3 is 9.84 Å². The number of benzene rings is 1. The van der Waals surface area contributed by atoms with Crippen LogP contribution in [0.4, 0.5) is 0 Å². The molecule has 0 amide bonds. The normalized spacial score (nSPS) is 22.8. The summed E-state index contributed by atoms with van der Waals surface area (Å²) in [4.78, 5) is 10.9. The number of carboxylic acid groups (broad SMARTS) is 1. The van der Waals surface area contributed by atoms with Gasteiger partial charge in [-0.2, -0.15) is 0 Å². The molecule has 1 aliphatic carbocycles. The van der Waals surface area contributed by atoms with Gasteiger partial charge in [-0.05, 0) is 30.5 Å². The molecule has 1 aromatic carbocycles. The van der Waals surface area contributed by atoms with Crippen molar-refractivity contribution < 1.29 is 23.1 Å². The van der Waals surface area contributed by atoms with Gasteiger partial charge in [-0.1, -0.05) is 12.1 Å². The van der Waals surface area contributed by atoms with Crippen molar-refractivity contribution in [3.05, 3.63) is 29.8 Å². The molecule has 0 atom stereocenters. The minimum atomic E-state index is -2.90. The molecule has 5 nitrogen and oxygen atoms in total. The van der Waals surface area contributed by atoms with E-state index in [1.54, 1.807) is 6.07 Å². The molecule has 0 aromatic heterocycles. The van der Waals surface area contributed by atoms with Crippen LogP contribution in [0.15, 0.2) is 24.3 Å². The summed E-state index contributed by atoms with van der Waals surface area (Å²) >= 11 is 0. The first-order valence-electron chi connectivity index (χ1n) is 6.58. The van der Waals surface area contributed by atoms with Crippen LogP contribution in [-0.2, 0) is 20.0 Å². The van der Waals surface area contributed by atoms with Crippen LogP contribution in [0, 0.1) is 0 Å². The fraction of sp³-hybridized carbons (Fsp3) is 0.500. The van der Waals surface area contributed by atoms with Gasteiger partial charge in [-0.15, -0.1) is 0 Å². The minimum Gasteiger partial charge on any atom is -0.488 e. The lowest BCUT2D eigenvalue weighted by Crippen LogP contribution is -2.45. The summed E-state index contributed by atoms with van der Waals surface area (Å²) in [5.41, 5.74) is 0.719. The Balaban J connectivity index is 1.72. The van der Waals surface area contributed by atoms with Crippen LogP contribution >= 0.6 is 0 Å². The average molecular weight is 296 g/mol. The zero-order valence-electron chi connectivity index (χ0n) is 10.9. The molecule has 20 heavy (non-hydrogen) atoms. The van der Waals surface area contributed by atoms with Crippen molar-refractivity contribution in [1.29, 1.82) is 0 Å². The Morgan fingerprint density at radius 2 is 2.05 bits per heavy atom. The Bertz CT molecular complexity index is 633. The molecule has 3 rings (SSSR count). The molecule has 0 unspecified atom stereocenters. The lowest BCUT2D eigenvalue weighted by molar-refractivity contribution is -0.137. The summed E-state index contributed by atoms with van der Waals surface area (Å²) in [6.07, 6.45) is 1.61. The Morgan fingerprint density at radius 3 is 2.60 bits per heavy atom. The molecule has 2 fully saturated rings. The summed E-state index contributed by atoms with van der Waals surface area (Å²) in [7, 11) is -2.90. The quantitative estimate of drug-likeness (QED) is 0.887. The molecule has 1 N–H and O–H groups in total. The molecule has 1 aromatic rings. The van der Waals surface area contributed by atoms with Gasteiger partial charge in [0.1, 0.15) is 11.9 Å². The summed E-state index contributed by atoms with van der Waals surface area (Å²) in [5.74, 6) is -0.0346. The molecule has 2 aliphatic rings. The third kappa shape index (κ3) is 2.65. The largest absolute Gasteiger partial charge is 0.488 e. The van der Waals surface area contributed by atoms with Gasteiger partial charge in [0.25, 0.3) is 0 Å². The van der Waals surface area contributed by atoms with Crippen molar-refractivity contribution >= 4 is 15.8 Å². The van der Waals surface area contributed by atoms with Gasteiger partial charge in [0.15, 0.2) is 9.84 Å². The van der Waals surface area contributed by atoms with Crippen molar-refractivity contribution in [3.8, 4) is 5.75 Å². The van der Waals surface area contributed by atoms with Crippen molar-refractivity contribution in [2.45, 2.75) is 30.8 Å². The summed E-state index contributed by atoms with van der Waals surface area (Å²) in [5, 5.41) is 8.97. The van der Waals surface area contributed by atoms with Crippen LogP contribution in [0.1, 0.15) is 24.8 Å². The summed E-state index contributed by atoms with van der Waals surface area (Å²) < 4.78 is 27.8. The second kappa shape index (κ2) is 4.48. The van der Waals surface area contributed by atoms with E-state index in [2.05, 4.69) is 0 Å². The Labute approximate surface area is 117 Å². The van der Waals surface area contributed by atoms with Crippen molar-refractivity contribution in [2.75, 3.05) is 11.5 Å². The van der Waals surface area contributed by atoms with Crippen molar-refractivity contribution in [1.82, 2.24) is 0 Å². The maximum atomic E-state index is 11.1. The second-order valence-electron chi connectivity index (χ2n) is 5.70. The number of hydrogen-bond acceptors (Lipinski definition) is 4. The summed E-state index contributed by atoms with van der Waals surface area (Å²) in [6, 6.07) is 7.38. The van der Waals surface area contributed by atoms with E-state index < -0.39 is 15.8 Å². The van der Waals surface area contributed by atoms with Gasteiger partial charge >= 0.3 is 5.97 Å². The van der Waals surface area contributed by atoms with Crippen LogP contribution in [-0.4, -0.2) is 37.1 Å². The van der Waals surface area contributed by atoms with Crippen LogP contribution in [0.3, 0.4) is 0 Å². The number of carbonyl (C=O) groups is 1. The lowest BCUT2D eigenvalue weighted by atomic mass is 9.92. The molecule has 1 saturated heterocycles. The Kier molecular flexibility index (Phi) is 3.01. The first-order chi connectivity index (χ1) is 9.39. The Morgan fingerprint density at radius 1 is 1.35 bits per heavy atom. The highest BCUT2D eigenvalue weighted by molar-refractivity contribution is 7.92. The zero-order valence-corrected chi connectivity index (χ0v) is 11.7. The number of aliphatic carboxylic acids is 1. The van der Waals surface area contributed by atoms with Gasteiger partial charge in [0.05, 0.1) is 17.9 Å². The number of sulfone groups is 1. The molecule has 0 spiro atoms. The predicted octanol–water partition coefficient (Wildman–Crippen LogP) is 1.37. The molecule has 1 saturated carbocycles. The topological polar surface area (TPSA) is 80.7 Å². The highest BCUT2D eigenvalue weighted by Gasteiger charge is 2.46. The average Bonchev–Trinajstić information content (AvgIpc) is 3.07. The summed E-state index contributed by atoms with van der Waals surface area (Å²) in [6.45, 7) is 0. The molecule has 108 valence electrons. The highest BCUT2D eigenvalue weighted by Crippen LogP contribution is 2.51. The Hall–Kier alpha value is -1.56. The van der Waals surface area contributed by atoms with Crippen LogP contribution < -0.4 is 4.74 Å². The molecule has 0 radical (unpaired) electrons. The fourth-order valence-electron chi connectivity index (χ4n) is 2.69. The van der Waals surface area contributed by atoms with E-state index in [-0.39, 0.29) is 29.4 Å². The van der Waals surface area contributed by atoms with E-state index >= 15 is 0 Å². The zero-order chi connectivity index (χ0) is 14.4. The fourth-order valence-corrected chi connectivity index (χ4v) is 3.86. The first kappa shape index (κ1) is 13.4. The molecular weight excluding hydrogens is 280 g/mol. The van der Waals surface area contributed by atoms with Gasteiger partial charge in [-0.25, -0.2) is 8.42 Å². The van der Waals surface area contributed by atoms with Crippen LogP contribution in [0.2, 0.25) is 0 Å². The third-order valence-electron chi connectivity index (χ3n) is 3.97. The first-order valence-corrected chi connectivity index (χ1v) is 8.40. The molecule has 1 aliphatic heterocycles. The van der Waals surface area contributed by atoms with Crippen LogP contribution in [0.25, 0.3) is 0 Å². The standard InChI is InChI=1S/C14H16O5S/c15-13(16)7-14(4-5-14)10-2-1-3-11(6-10)19-12-8-20(17,18)9-12/h1-3,6,12H,4-5,7-9H2,(H,15,16). The van der Waals surface area contributed by atoms with E-state index in [9.17, 15) is 13.2 Å². The lowest BCUT2D eigenvalue weighted by Gasteiger charge is -2.27. The maximum Gasteiger partial charge on any atom is 0.304 e.